The number of thioether (sulfide) groups is 1. The van der Waals surface area contributed by atoms with Crippen LogP contribution < -0.4 is 10.9 Å². The third-order valence-corrected chi connectivity index (χ3v) is 5.39. The number of rotatable bonds is 5. The van der Waals surface area contributed by atoms with Gasteiger partial charge in [0.25, 0.3) is 11.5 Å². The maximum atomic E-state index is 12.5. The summed E-state index contributed by atoms with van der Waals surface area (Å²) in [6.07, 6.45) is 0. The van der Waals surface area contributed by atoms with Crippen LogP contribution in [0.1, 0.15) is 15.2 Å². The van der Waals surface area contributed by atoms with Crippen molar-refractivity contribution >= 4 is 50.9 Å². The average molecular weight is 375 g/mol. The van der Waals surface area contributed by atoms with Gasteiger partial charge in [0.05, 0.1) is 16.0 Å². The summed E-state index contributed by atoms with van der Waals surface area (Å²) in [6, 6.07) is 9.01. The third-order valence-electron chi connectivity index (χ3n) is 3.35. The Morgan fingerprint density at radius 3 is 2.72 bits per heavy atom. The van der Waals surface area contributed by atoms with Crippen LogP contribution in [0, 0.1) is 6.92 Å². The summed E-state index contributed by atoms with van der Waals surface area (Å²) >= 11 is 2.03. The monoisotopic (exact) mass is 375 g/mol. The highest BCUT2D eigenvalue weighted by atomic mass is 32.2. The van der Waals surface area contributed by atoms with E-state index >= 15 is 0 Å². The molecule has 2 heterocycles. The van der Waals surface area contributed by atoms with E-state index in [9.17, 15) is 14.4 Å². The van der Waals surface area contributed by atoms with Crippen molar-refractivity contribution in [3.8, 4) is 0 Å². The Kier molecular flexibility index (Phi) is 4.86. The van der Waals surface area contributed by atoms with Gasteiger partial charge in [0.15, 0.2) is 5.16 Å². The number of carboxylic acids is 1. The minimum atomic E-state index is -1.00. The molecule has 25 heavy (non-hydrogen) atoms. The van der Waals surface area contributed by atoms with E-state index in [0.717, 1.165) is 23.1 Å². The quantitative estimate of drug-likeness (QED) is 0.467. The Labute approximate surface area is 150 Å². The molecule has 2 aromatic heterocycles. The summed E-state index contributed by atoms with van der Waals surface area (Å²) in [6.45, 7) is 1.69. The molecule has 1 aromatic carbocycles. The van der Waals surface area contributed by atoms with E-state index in [1.807, 2.05) is 18.2 Å². The molecule has 3 N–H and O–H groups in total. The van der Waals surface area contributed by atoms with E-state index in [1.165, 1.54) is 0 Å². The highest BCUT2D eigenvalue weighted by molar-refractivity contribution is 7.99. The van der Waals surface area contributed by atoms with E-state index in [0.29, 0.717) is 26.3 Å². The predicted octanol–water partition coefficient (Wildman–Crippen LogP) is 2.72. The van der Waals surface area contributed by atoms with Crippen LogP contribution in [0.4, 0.5) is 5.69 Å². The van der Waals surface area contributed by atoms with Crippen LogP contribution in [0.3, 0.4) is 0 Å². The van der Waals surface area contributed by atoms with Gasteiger partial charge in [-0.1, -0.05) is 30.0 Å². The molecule has 0 aliphatic rings. The predicted molar refractivity (Wildman–Crippen MR) is 97.7 cm³/mol. The molecule has 1 amide bonds. The fraction of sp³-hybridized carbons (Fsp3) is 0.125. The lowest BCUT2D eigenvalue weighted by Crippen LogP contribution is -2.12. The second-order valence-electron chi connectivity index (χ2n) is 5.11. The molecular weight excluding hydrogens is 362 g/mol. The average Bonchev–Trinajstić information content (AvgIpc) is 2.91. The normalized spacial score (nSPS) is 10.8. The second-order valence-corrected chi connectivity index (χ2v) is 7.07. The number of benzene rings is 1. The number of anilines is 1. The van der Waals surface area contributed by atoms with Crippen molar-refractivity contribution in [3.05, 3.63) is 51.1 Å². The number of aromatic nitrogens is 2. The minimum absolute atomic E-state index is 0.208. The van der Waals surface area contributed by atoms with Gasteiger partial charge in [0, 0.05) is 5.69 Å². The molecule has 7 nitrogen and oxygen atoms in total. The summed E-state index contributed by atoms with van der Waals surface area (Å²) < 4.78 is 0. The molecule has 0 spiro atoms. The van der Waals surface area contributed by atoms with Crippen LogP contribution in [0.2, 0.25) is 0 Å². The molecule has 0 aliphatic carbocycles. The molecule has 0 atom stereocenters. The van der Waals surface area contributed by atoms with Crippen LogP contribution in [0.15, 0.2) is 40.3 Å². The van der Waals surface area contributed by atoms with Gasteiger partial charge in [0.1, 0.15) is 4.83 Å². The number of thiophene rings is 1. The molecule has 3 rings (SSSR count). The van der Waals surface area contributed by atoms with Crippen molar-refractivity contribution < 1.29 is 14.7 Å². The Balaban J connectivity index is 1.95. The molecule has 9 heteroatoms. The molecule has 0 saturated heterocycles. The van der Waals surface area contributed by atoms with Crippen molar-refractivity contribution in [1.82, 2.24) is 9.97 Å². The van der Waals surface area contributed by atoms with Gasteiger partial charge in [-0.3, -0.25) is 14.4 Å². The maximum absolute atomic E-state index is 12.5. The molecule has 0 unspecified atom stereocenters. The number of amides is 1. The van der Waals surface area contributed by atoms with Crippen molar-refractivity contribution in [3.63, 3.8) is 0 Å². The van der Waals surface area contributed by atoms with Crippen molar-refractivity contribution in [1.29, 1.82) is 0 Å². The smallest absolute Gasteiger partial charge is 0.313 e. The standard InChI is InChI=1S/C16H13N3O4S2/c1-8-11-13(22)18-16(24-7-10(20)21)19-15(11)25-12(8)14(23)17-9-5-3-2-4-6-9/h2-6H,7H2,1H3,(H,17,23)(H,20,21)(H,18,19,22). The highest BCUT2D eigenvalue weighted by Gasteiger charge is 2.19. The first-order valence-electron chi connectivity index (χ1n) is 7.20. The van der Waals surface area contributed by atoms with E-state index in [-0.39, 0.29) is 22.4 Å². The number of carboxylic acid groups (broad SMARTS) is 1. The summed E-state index contributed by atoms with van der Waals surface area (Å²) in [7, 11) is 0. The number of fused-ring (bicyclic) bond motifs is 1. The van der Waals surface area contributed by atoms with Gasteiger partial charge in [-0.15, -0.1) is 11.3 Å². The number of hydrogen-bond acceptors (Lipinski definition) is 6. The number of para-hydroxylation sites is 1. The summed E-state index contributed by atoms with van der Waals surface area (Å²) in [5, 5.41) is 12.1. The molecule has 0 saturated carbocycles. The second kappa shape index (κ2) is 7.08. The van der Waals surface area contributed by atoms with Gasteiger partial charge in [-0.25, -0.2) is 4.98 Å². The minimum Gasteiger partial charge on any atom is -0.481 e. The Hall–Kier alpha value is -2.65. The zero-order valence-electron chi connectivity index (χ0n) is 13.0. The number of carbonyl (C=O) groups excluding carboxylic acids is 1. The maximum Gasteiger partial charge on any atom is 0.313 e. The lowest BCUT2D eigenvalue weighted by Gasteiger charge is -2.03. The Morgan fingerprint density at radius 1 is 1.32 bits per heavy atom. The van der Waals surface area contributed by atoms with Gasteiger partial charge in [0.2, 0.25) is 0 Å². The van der Waals surface area contributed by atoms with Gasteiger partial charge >= 0.3 is 5.97 Å². The first-order valence-corrected chi connectivity index (χ1v) is 9.00. The SMILES string of the molecule is Cc1c(C(=O)Nc2ccccc2)sc2nc(SCC(=O)O)[nH]c(=O)c12. The number of aromatic amines is 1. The van der Waals surface area contributed by atoms with Crippen LogP contribution in [0.5, 0.6) is 0 Å². The first-order chi connectivity index (χ1) is 12.0. The number of hydrogen-bond donors (Lipinski definition) is 3. The molecule has 128 valence electrons. The summed E-state index contributed by atoms with van der Waals surface area (Å²) in [5.74, 6) is -1.52. The Morgan fingerprint density at radius 2 is 2.04 bits per heavy atom. The molecule has 0 fully saturated rings. The largest absolute Gasteiger partial charge is 0.481 e. The van der Waals surface area contributed by atoms with Gasteiger partial charge in [-0.05, 0) is 24.6 Å². The number of nitrogens with one attached hydrogen (secondary N) is 2. The van der Waals surface area contributed by atoms with Crippen LogP contribution in [0.25, 0.3) is 10.2 Å². The van der Waals surface area contributed by atoms with Crippen molar-refractivity contribution in [2.75, 3.05) is 11.1 Å². The van der Waals surface area contributed by atoms with Crippen LogP contribution in [-0.2, 0) is 4.79 Å². The van der Waals surface area contributed by atoms with Crippen molar-refractivity contribution in [2.24, 2.45) is 0 Å². The number of nitrogens with zero attached hydrogens (tertiary/aromatic N) is 1. The fourth-order valence-corrected chi connectivity index (χ4v) is 3.96. The molecule has 0 bridgehead atoms. The van der Waals surface area contributed by atoms with E-state index < -0.39 is 5.97 Å². The molecule has 0 radical (unpaired) electrons. The topological polar surface area (TPSA) is 112 Å². The summed E-state index contributed by atoms with van der Waals surface area (Å²) in [4.78, 5) is 43.0. The Bertz CT molecular complexity index is 1010. The van der Waals surface area contributed by atoms with E-state index in [4.69, 9.17) is 5.11 Å². The first kappa shape index (κ1) is 17.2. The van der Waals surface area contributed by atoms with Crippen LogP contribution in [-0.4, -0.2) is 32.7 Å². The number of aryl methyl sites for hydroxylation is 1. The lowest BCUT2D eigenvalue weighted by atomic mass is 10.2. The summed E-state index contributed by atoms with van der Waals surface area (Å²) in [5.41, 5.74) is 0.825. The van der Waals surface area contributed by atoms with Crippen LogP contribution >= 0.6 is 23.1 Å². The van der Waals surface area contributed by atoms with E-state index in [2.05, 4.69) is 15.3 Å². The third kappa shape index (κ3) is 3.72. The number of H-pyrrole nitrogens is 1. The highest BCUT2D eigenvalue weighted by Crippen LogP contribution is 2.29. The number of aliphatic carboxylic acids is 1. The number of carbonyl (C=O) groups is 2. The lowest BCUT2D eigenvalue weighted by molar-refractivity contribution is -0.133. The fourth-order valence-electron chi connectivity index (χ4n) is 2.25. The van der Waals surface area contributed by atoms with Gasteiger partial charge < -0.3 is 15.4 Å². The zero-order chi connectivity index (χ0) is 18.0. The molecule has 0 aliphatic heterocycles. The zero-order valence-corrected chi connectivity index (χ0v) is 14.7. The van der Waals surface area contributed by atoms with Gasteiger partial charge in [-0.2, -0.15) is 0 Å². The molecular formula is C16H13N3O4S2. The molecule has 3 aromatic rings. The van der Waals surface area contributed by atoms with E-state index in [1.54, 1.807) is 19.1 Å². The van der Waals surface area contributed by atoms with Crippen molar-refractivity contribution in [2.45, 2.75) is 12.1 Å².